The molecule has 0 fully saturated rings. The smallest absolute Gasteiger partial charge is 0.335 e. The maximum absolute atomic E-state index is 9.77. The fourth-order valence-corrected chi connectivity index (χ4v) is 1.61. The minimum Gasteiger partial charge on any atom is -0.479 e. The molecule has 0 saturated carbocycles. The summed E-state index contributed by atoms with van der Waals surface area (Å²) in [6.45, 7) is 0. The quantitative estimate of drug-likeness (QED) is 0.333. The molecule has 0 amide bonds. The molecular formula is C17H19N3O6. The Kier molecular flexibility index (Phi) is 8.28. The van der Waals surface area contributed by atoms with Gasteiger partial charge in [-0.2, -0.15) is 0 Å². The number of aliphatic hydroxyl groups excluding tert-OH is 2. The molecule has 2 aromatic carbocycles. The van der Waals surface area contributed by atoms with E-state index in [4.69, 9.17) is 26.2 Å². The zero-order valence-electron chi connectivity index (χ0n) is 13.6. The van der Waals surface area contributed by atoms with Gasteiger partial charge < -0.3 is 31.5 Å². The van der Waals surface area contributed by atoms with Crippen molar-refractivity contribution < 1.29 is 30.0 Å². The highest BCUT2D eigenvalue weighted by Crippen LogP contribution is 2.10. The molecule has 138 valence electrons. The van der Waals surface area contributed by atoms with Crippen LogP contribution in [0.4, 0.5) is 11.4 Å². The second-order valence-corrected chi connectivity index (χ2v) is 4.89. The summed E-state index contributed by atoms with van der Waals surface area (Å²) in [5.74, 6) is -3.15. The lowest BCUT2D eigenvalue weighted by atomic mass is 10.2. The van der Waals surface area contributed by atoms with Gasteiger partial charge in [0.05, 0.1) is 5.69 Å². The number of carboxylic acid groups (broad SMARTS) is 2. The van der Waals surface area contributed by atoms with E-state index in [1.165, 1.54) is 0 Å². The standard InChI is InChI=1S/C13H13N3.C4H6O6/c14-13(15-11-7-3-1-4-8-11)16-12-9-5-2-6-10-12;5-1(3(7)8)2(6)4(9)10/h1-10H,(H3,14,15,16);1-2,5-6H,(H,7,8)(H,9,10). The number of hydrogen-bond acceptors (Lipinski definition) is 5. The van der Waals surface area contributed by atoms with Gasteiger partial charge in [-0.3, -0.25) is 0 Å². The molecule has 2 rings (SSSR count). The molecule has 9 heteroatoms. The summed E-state index contributed by atoms with van der Waals surface area (Å²) in [5.41, 5.74) is 7.54. The fraction of sp³-hybridized carbons (Fsp3) is 0.118. The summed E-state index contributed by atoms with van der Waals surface area (Å²) in [6, 6.07) is 19.3. The van der Waals surface area contributed by atoms with E-state index in [2.05, 4.69) is 10.3 Å². The van der Waals surface area contributed by atoms with Crippen LogP contribution in [0.25, 0.3) is 0 Å². The lowest BCUT2D eigenvalue weighted by Crippen LogP contribution is -2.39. The predicted molar refractivity (Wildman–Crippen MR) is 95.1 cm³/mol. The van der Waals surface area contributed by atoms with Gasteiger partial charge in [0, 0.05) is 5.69 Å². The third kappa shape index (κ3) is 7.43. The highest BCUT2D eigenvalue weighted by Gasteiger charge is 2.29. The number of aliphatic imine (C=N–C) groups is 1. The van der Waals surface area contributed by atoms with Crippen LogP contribution in [-0.4, -0.2) is 50.5 Å². The van der Waals surface area contributed by atoms with Crippen molar-refractivity contribution in [1.82, 2.24) is 0 Å². The first kappa shape index (κ1) is 20.6. The number of carbonyl (C=O) groups is 2. The van der Waals surface area contributed by atoms with Gasteiger partial charge in [-0.05, 0) is 24.3 Å². The van der Waals surface area contributed by atoms with Crippen molar-refractivity contribution in [1.29, 1.82) is 0 Å². The minimum atomic E-state index is -2.27. The number of rotatable bonds is 5. The van der Waals surface area contributed by atoms with Gasteiger partial charge in [-0.25, -0.2) is 14.6 Å². The third-order valence-electron chi connectivity index (χ3n) is 2.86. The summed E-state index contributed by atoms with van der Waals surface area (Å²) in [4.78, 5) is 23.8. The highest BCUT2D eigenvalue weighted by molar-refractivity contribution is 5.93. The van der Waals surface area contributed by atoms with Crippen LogP contribution in [0.5, 0.6) is 0 Å². The van der Waals surface area contributed by atoms with Crippen molar-refractivity contribution in [3.05, 3.63) is 60.7 Å². The summed E-state index contributed by atoms with van der Waals surface area (Å²) < 4.78 is 0. The Labute approximate surface area is 149 Å². The molecule has 0 heterocycles. The topological polar surface area (TPSA) is 165 Å². The Bertz CT molecular complexity index is 719. The number of para-hydroxylation sites is 2. The largest absolute Gasteiger partial charge is 0.479 e. The van der Waals surface area contributed by atoms with E-state index in [1.807, 2.05) is 60.7 Å². The second-order valence-electron chi connectivity index (χ2n) is 4.89. The Hall–Kier alpha value is -3.43. The number of benzene rings is 2. The normalized spacial score (nSPS) is 12.9. The van der Waals surface area contributed by atoms with Gasteiger partial charge in [0.1, 0.15) is 0 Å². The third-order valence-corrected chi connectivity index (χ3v) is 2.86. The van der Waals surface area contributed by atoms with Crippen LogP contribution >= 0.6 is 0 Å². The van der Waals surface area contributed by atoms with Crippen molar-refractivity contribution in [2.75, 3.05) is 5.32 Å². The lowest BCUT2D eigenvalue weighted by Gasteiger charge is -2.07. The Morgan fingerprint density at radius 3 is 1.69 bits per heavy atom. The molecule has 0 aliphatic heterocycles. The van der Waals surface area contributed by atoms with Crippen molar-refractivity contribution in [3.8, 4) is 0 Å². The lowest BCUT2D eigenvalue weighted by molar-refractivity contribution is -0.165. The maximum atomic E-state index is 9.77. The first-order valence-electron chi connectivity index (χ1n) is 7.34. The van der Waals surface area contributed by atoms with Crippen molar-refractivity contribution in [2.24, 2.45) is 10.7 Å². The van der Waals surface area contributed by atoms with Gasteiger partial charge in [0.2, 0.25) is 0 Å². The summed E-state index contributed by atoms with van der Waals surface area (Å²) in [7, 11) is 0. The van der Waals surface area contributed by atoms with Gasteiger partial charge in [0.25, 0.3) is 0 Å². The van der Waals surface area contributed by atoms with E-state index in [-0.39, 0.29) is 0 Å². The van der Waals surface area contributed by atoms with Crippen molar-refractivity contribution in [3.63, 3.8) is 0 Å². The van der Waals surface area contributed by atoms with Crippen LogP contribution in [-0.2, 0) is 9.59 Å². The minimum absolute atomic E-state index is 0.386. The molecule has 7 N–H and O–H groups in total. The highest BCUT2D eigenvalue weighted by atomic mass is 16.4. The van der Waals surface area contributed by atoms with E-state index in [0.29, 0.717) is 5.96 Å². The summed E-state index contributed by atoms with van der Waals surface area (Å²) in [6.07, 6.45) is -4.53. The maximum Gasteiger partial charge on any atom is 0.335 e. The Balaban J connectivity index is 0.000000294. The number of nitrogens with two attached hydrogens (primary N) is 1. The van der Waals surface area contributed by atoms with E-state index < -0.39 is 24.1 Å². The van der Waals surface area contributed by atoms with Crippen LogP contribution in [0.15, 0.2) is 65.7 Å². The van der Waals surface area contributed by atoms with E-state index in [0.717, 1.165) is 11.4 Å². The fourth-order valence-electron chi connectivity index (χ4n) is 1.61. The molecule has 0 saturated heterocycles. The number of nitrogens with one attached hydrogen (secondary N) is 1. The summed E-state index contributed by atoms with van der Waals surface area (Å²) >= 11 is 0. The number of guanidine groups is 1. The molecule has 2 aromatic rings. The van der Waals surface area contributed by atoms with Crippen molar-refractivity contribution in [2.45, 2.75) is 12.2 Å². The zero-order valence-corrected chi connectivity index (χ0v) is 13.6. The number of nitrogens with zero attached hydrogens (tertiary/aromatic N) is 1. The number of carboxylic acids is 2. The average molecular weight is 361 g/mol. The van der Waals surface area contributed by atoms with Gasteiger partial charge >= 0.3 is 11.9 Å². The van der Waals surface area contributed by atoms with Gasteiger partial charge in [-0.1, -0.05) is 36.4 Å². The molecule has 0 aliphatic carbocycles. The van der Waals surface area contributed by atoms with Gasteiger partial charge in [0.15, 0.2) is 18.2 Å². The van der Waals surface area contributed by atoms with Crippen LogP contribution < -0.4 is 11.1 Å². The monoisotopic (exact) mass is 361 g/mol. The molecule has 0 bridgehead atoms. The molecule has 2 unspecified atom stereocenters. The van der Waals surface area contributed by atoms with Crippen LogP contribution in [0.3, 0.4) is 0 Å². The Morgan fingerprint density at radius 1 is 0.846 bits per heavy atom. The second kappa shape index (κ2) is 10.4. The van der Waals surface area contributed by atoms with Crippen LogP contribution in [0.1, 0.15) is 0 Å². The molecule has 0 aliphatic rings. The van der Waals surface area contributed by atoms with E-state index in [9.17, 15) is 9.59 Å². The van der Waals surface area contributed by atoms with Crippen LogP contribution in [0.2, 0.25) is 0 Å². The van der Waals surface area contributed by atoms with E-state index in [1.54, 1.807) is 0 Å². The summed E-state index contributed by atoms with van der Waals surface area (Å²) in [5, 5.41) is 35.5. The molecule has 0 spiro atoms. The molecule has 0 aromatic heterocycles. The Morgan fingerprint density at radius 2 is 1.27 bits per heavy atom. The zero-order chi connectivity index (χ0) is 19.5. The number of hydrogen-bond donors (Lipinski definition) is 6. The van der Waals surface area contributed by atoms with E-state index >= 15 is 0 Å². The average Bonchev–Trinajstić information content (AvgIpc) is 2.62. The first-order valence-corrected chi connectivity index (χ1v) is 7.34. The molecule has 26 heavy (non-hydrogen) atoms. The predicted octanol–water partition coefficient (Wildman–Crippen LogP) is 0.622. The molecule has 9 nitrogen and oxygen atoms in total. The number of aliphatic hydroxyl groups is 2. The number of anilines is 1. The molecular weight excluding hydrogens is 342 g/mol. The first-order chi connectivity index (χ1) is 12.3. The molecule has 2 atom stereocenters. The number of aliphatic carboxylic acids is 2. The van der Waals surface area contributed by atoms with Gasteiger partial charge in [-0.15, -0.1) is 0 Å². The molecule has 0 radical (unpaired) electrons. The SMILES string of the molecule is NC(=Nc1ccccc1)Nc1ccccc1.O=C(O)C(O)C(O)C(=O)O. The van der Waals surface area contributed by atoms with Crippen molar-refractivity contribution >= 4 is 29.3 Å². The van der Waals surface area contributed by atoms with Crippen LogP contribution in [0, 0.1) is 0 Å².